The maximum absolute atomic E-state index is 5.93. The van der Waals surface area contributed by atoms with E-state index in [1.807, 2.05) is 0 Å². The van der Waals surface area contributed by atoms with Crippen molar-refractivity contribution >= 4 is 0 Å². The molecule has 132 valence electrons. The van der Waals surface area contributed by atoms with E-state index in [2.05, 4.69) is 61.6 Å². The predicted molar refractivity (Wildman–Crippen MR) is 103 cm³/mol. The van der Waals surface area contributed by atoms with Crippen molar-refractivity contribution in [2.75, 3.05) is 13.2 Å². The van der Waals surface area contributed by atoms with Crippen LogP contribution in [0.1, 0.15) is 60.9 Å². The summed E-state index contributed by atoms with van der Waals surface area (Å²) >= 11 is 0. The van der Waals surface area contributed by atoms with Crippen molar-refractivity contribution in [2.45, 2.75) is 57.4 Å². The van der Waals surface area contributed by atoms with Gasteiger partial charge in [0.25, 0.3) is 0 Å². The van der Waals surface area contributed by atoms with Crippen LogP contribution in [0.3, 0.4) is 0 Å². The predicted octanol–water partition coefficient (Wildman–Crippen LogP) is 5.09. The molecule has 2 heteroatoms. The van der Waals surface area contributed by atoms with Crippen LogP contribution in [0.15, 0.2) is 42.5 Å². The third-order valence-electron chi connectivity index (χ3n) is 6.07. The van der Waals surface area contributed by atoms with Crippen LogP contribution >= 0.6 is 0 Å². The highest BCUT2D eigenvalue weighted by Gasteiger charge is 2.47. The monoisotopic (exact) mass is 335 g/mol. The van der Waals surface area contributed by atoms with Gasteiger partial charge in [-0.1, -0.05) is 49.2 Å². The average Bonchev–Trinajstić information content (AvgIpc) is 2.61. The van der Waals surface area contributed by atoms with Gasteiger partial charge in [0.1, 0.15) is 5.75 Å². The Morgan fingerprint density at radius 1 is 1.12 bits per heavy atom. The fourth-order valence-corrected chi connectivity index (χ4v) is 4.52. The van der Waals surface area contributed by atoms with Crippen molar-refractivity contribution < 1.29 is 4.74 Å². The van der Waals surface area contributed by atoms with Gasteiger partial charge in [-0.15, -0.1) is 0 Å². The Morgan fingerprint density at radius 3 is 2.60 bits per heavy atom. The number of ether oxygens (including phenoxy) is 1. The second-order valence-electron chi connectivity index (χ2n) is 7.72. The van der Waals surface area contributed by atoms with Crippen LogP contribution in [0.5, 0.6) is 5.75 Å². The molecule has 0 saturated heterocycles. The Hall–Kier alpha value is -1.80. The lowest BCUT2D eigenvalue weighted by Crippen LogP contribution is -2.49. The largest absolute Gasteiger partial charge is 0.494 e. The lowest BCUT2D eigenvalue weighted by Gasteiger charge is -2.50. The molecule has 0 bridgehead atoms. The Bertz CT molecular complexity index is 730. The van der Waals surface area contributed by atoms with E-state index < -0.39 is 0 Å². The van der Waals surface area contributed by atoms with Crippen LogP contribution in [-0.4, -0.2) is 13.2 Å². The van der Waals surface area contributed by atoms with Crippen LogP contribution in [0.4, 0.5) is 0 Å². The number of aryl methyl sites for hydroxylation is 1. The minimum atomic E-state index is 0.242. The summed E-state index contributed by atoms with van der Waals surface area (Å²) in [6.07, 6.45) is 6.03. The molecular weight excluding hydrogens is 306 g/mol. The number of rotatable bonds is 5. The average molecular weight is 335 g/mol. The topological polar surface area (TPSA) is 21.3 Å². The molecule has 1 saturated carbocycles. The van der Waals surface area contributed by atoms with E-state index in [0.29, 0.717) is 6.04 Å². The summed E-state index contributed by atoms with van der Waals surface area (Å²) in [5.41, 5.74) is 6.03. The summed E-state index contributed by atoms with van der Waals surface area (Å²) < 4.78 is 5.93. The molecule has 0 spiro atoms. The zero-order valence-corrected chi connectivity index (χ0v) is 15.5. The standard InChI is InChI=1S/C23H29NO/c1-3-15-25-20-10-7-18-11-14-24-22(21(18)16-20)23(12-4-13-23)19-8-5-17(2)6-9-19/h5-10,16,22,24H,3-4,11-15H2,1-2H3. The van der Waals surface area contributed by atoms with Gasteiger partial charge >= 0.3 is 0 Å². The molecule has 2 aromatic rings. The molecule has 2 nitrogen and oxygen atoms in total. The molecule has 2 aliphatic rings. The normalized spacial score (nSPS) is 21.3. The Morgan fingerprint density at radius 2 is 1.92 bits per heavy atom. The quantitative estimate of drug-likeness (QED) is 0.821. The van der Waals surface area contributed by atoms with E-state index in [4.69, 9.17) is 4.74 Å². The van der Waals surface area contributed by atoms with E-state index in [9.17, 15) is 0 Å². The van der Waals surface area contributed by atoms with Gasteiger partial charge in [0.2, 0.25) is 0 Å². The first-order valence-corrected chi connectivity index (χ1v) is 9.79. The molecule has 1 heterocycles. The molecule has 0 amide bonds. The second kappa shape index (κ2) is 6.84. The molecule has 1 aliphatic heterocycles. The SMILES string of the molecule is CCCOc1ccc2c(c1)C(C1(c3ccc(C)cc3)CCC1)NCC2. The number of hydrogen-bond acceptors (Lipinski definition) is 2. The molecule has 1 fully saturated rings. The molecule has 2 aromatic carbocycles. The first kappa shape index (κ1) is 16.7. The lowest BCUT2D eigenvalue weighted by molar-refractivity contribution is 0.164. The van der Waals surface area contributed by atoms with Gasteiger partial charge in [-0.3, -0.25) is 0 Å². The third-order valence-corrected chi connectivity index (χ3v) is 6.07. The molecule has 1 N–H and O–H groups in total. The van der Waals surface area contributed by atoms with Crippen molar-refractivity contribution in [3.8, 4) is 5.75 Å². The van der Waals surface area contributed by atoms with Gasteiger partial charge in [0.05, 0.1) is 6.61 Å². The second-order valence-corrected chi connectivity index (χ2v) is 7.72. The van der Waals surface area contributed by atoms with Crippen molar-refractivity contribution in [3.63, 3.8) is 0 Å². The van der Waals surface area contributed by atoms with E-state index in [1.165, 1.54) is 41.5 Å². The Kier molecular flexibility index (Phi) is 4.56. The van der Waals surface area contributed by atoms with Gasteiger partial charge in [0.15, 0.2) is 0 Å². The third kappa shape index (κ3) is 2.97. The van der Waals surface area contributed by atoms with Crippen molar-refractivity contribution in [1.82, 2.24) is 5.32 Å². The van der Waals surface area contributed by atoms with E-state index >= 15 is 0 Å². The van der Waals surface area contributed by atoms with Crippen molar-refractivity contribution in [1.29, 1.82) is 0 Å². The Labute approximate surface area is 151 Å². The smallest absolute Gasteiger partial charge is 0.119 e. The zero-order valence-electron chi connectivity index (χ0n) is 15.5. The maximum Gasteiger partial charge on any atom is 0.119 e. The first-order chi connectivity index (χ1) is 12.2. The summed E-state index contributed by atoms with van der Waals surface area (Å²) in [5, 5.41) is 3.86. The fraction of sp³-hybridized carbons (Fsp3) is 0.478. The summed E-state index contributed by atoms with van der Waals surface area (Å²) in [4.78, 5) is 0. The van der Waals surface area contributed by atoms with Crippen LogP contribution in [0, 0.1) is 6.92 Å². The molecule has 1 atom stereocenters. The number of hydrogen-bond donors (Lipinski definition) is 1. The maximum atomic E-state index is 5.93. The molecule has 1 unspecified atom stereocenters. The van der Waals surface area contributed by atoms with Gasteiger partial charge in [-0.05, 0) is 68.0 Å². The zero-order chi connectivity index (χ0) is 17.3. The highest BCUT2D eigenvalue weighted by Crippen LogP contribution is 2.53. The lowest BCUT2D eigenvalue weighted by atomic mass is 9.58. The summed E-state index contributed by atoms with van der Waals surface area (Å²) in [6, 6.07) is 16.4. The van der Waals surface area contributed by atoms with E-state index in [-0.39, 0.29) is 5.41 Å². The van der Waals surface area contributed by atoms with E-state index in [1.54, 1.807) is 0 Å². The summed E-state index contributed by atoms with van der Waals surface area (Å²) in [6.45, 7) is 6.19. The van der Waals surface area contributed by atoms with Crippen LogP contribution in [0.25, 0.3) is 0 Å². The van der Waals surface area contributed by atoms with Gasteiger partial charge < -0.3 is 10.1 Å². The number of fused-ring (bicyclic) bond motifs is 1. The first-order valence-electron chi connectivity index (χ1n) is 9.79. The van der Waals surface area contributed by atoms with Crippen LogP contribution < -0.4 is 10.1 Å². The molecule has 1 aliphatic carbocycles. The summed E-state index contributed by atoms with van der Waals surface area (Å²) in [5.74, 6) is 1.02. The Balaban J connectivity index is 1.72. The molecule has 0 aromatic heterocycles. The van der Waals surface area contributed by atoms with Gasteiger partial charge in [0, 0.05) is 11.5 Å². The molecular formula is C23H29NO. The molecule has 0 radical (unpaired) electrons. The van der Waals surface area contributed by atoms with Crippen molar-refractivity contribution in [3.05, 3.63) is 64.7 Å². The van der Waals surface area contributed by atoms with Gasteiger partial charge in [-0.25, -0.2) is 0 Å². The number of nitrogens with one attached hydrogen (secondary N) is 1. The highest BCUT2D eigenvalue weighted by molar-refractivity contribution is 5.45. The van der Waals surface area contributed by atoms with Gasteiger partial charge in [-0.2, -0.15) is 0 Å². The minimum Gasteiger partial charge on any atom is -0.494 e. The highest BCUT2D eigenvalue weighted by atomic mass is 16.5. The number of benzene rings is 2. The summed E-state index contributed by atoms with van der Waals surface area (Å²) in [7, 11) is 0. The fourth-order valence-electron chi connectivity index (χ4n) is 4.52. The van der Waals surface area contributed by atoms with E-state index in [0.717, 1.165) is 31.7 Å². The van der Waals surface area contributed by atoms with Crippen LogP contribution in [-0.2, 0) is 11.8 Å². The van der Waals surface area contributed by atoms with Crippen molar-refractivity contribution in [2.24, 2.45) is 0 Å². The molecule has 25 heavy (non-hydrogen) atoms. The minimum absolute atomic E-state index is 0.242. The van der Waals surface area contributed by atoms with Crippen LogP contribution in [0.2, 0.25) is 0 Å². The molecule has 4 rings (SSSR count).